The molecule has 0 aromatic heterocycles. The fraction of sp³-hybridized carbons (Fsp3) is 0.278. The molecular weight excluding hydrogens is 299 g/mol. The molecule has 1 fully saturated rings. The number of ether oxygens (including phenoxy) is 1. The minimum absolute atomic E-state index is 0.0757. The molecule has 0 aliphatic heterocycles. The van der Waals surface area contributed by atoms with Crippen LogP contribution < -0.4 is 4.74 Å². The number of carboxylic acid groups (broad SMARTS) is 1. The van der Waals surface area contributed by atoms with Crippen molar-refractivity contribution < 1.29 is 24.1 Å². The molecule has 0 radical (unpaired) electrons. The average molecular weight is 316 g/mol. The first kappa shape index (κ1) is 15.5. The molecule has 1 saturated carbocycles. The van der Waals surface area contributed by atoms with E-state index >= 15 is 0 Å². The number of aliphatic hydroxyl groups is 1. The molecule has 2 aromatic carbocycles. The third-order valence-electron chi connectivity index (χ3n) is 4.15. The number of methoxy groups -OCH3 is 1. The summed E-state index contributed by atoms with van der Waals surface area (Å²) in [4.78, 5) is 11.2. The maximum absolute atomic E-state index is 14.3. The first-order valence-electron chi connectivity index (χ1n) is 7.40. The molecule has 0 saturated heterocycles. The van der Waals surface area contributed by atoms with Gasteiger partial charge in [0.2, 0.25) is 0 Å². The van der Waals surface area contributed by atoms with Crippen LogP contribution >= 0.6 is 0 Å². The second-order valence-corrected chi connectivity index (χ2v) is 5.74. The van der Waals surface area contributed by atoms with E-state index in [0.717, 1.165) is 12.8 Å². The molecule has 3 rings (SSSR count). The fourth-order valence-electron chi connectivity index (χ4n) is 2.69. The minimum Gasteiger partial charge on any atom is -0.497 e. The lowest BCUT2D eigenvalue weighted by atomic mass is 9.92. The summed E-state index contributed by atoms with van der Waals surface area (Å²) in [7, 11) is 1.49. The lowest BCUT2D eigenvalue weighted by molar-refractivity contribution is 0.0696. The standard InChI is InChI=1S/C18H17FO4/c1-23-12-5-7-16(19)14(9-12)13-6-4-11(18(21)22)8-15(13)17(20)10-2-3-10/h4-10,17,20H,2-3H2,1H3,(H,21,22). The van der Waals surface area contributed by atoms with E-state index in [-0.39, 0.29) is 17.0 Å². The Morgan fingerprint density at radius 3 is 2.57 bits per heavy atom. The molecule has 23 heavy (non-hydrogen) atoms. The highest BCUT2D eigenvalue weighted by molar-refractivity contribution is 5.89. The molecular formula is C18H17FO4. The third-order valence-corrected chi connectivity index (χ3v) is 4.15. The van der Waals surface area contributed by atoms with Gasteiger partial charge in [-0.05, 0) is 60.2 Å². The van der Waals surface area contributed by atoms with Gasteiger partial charge in [0.05, 0.1) is 18.8 Å². The SMILES string of the molecule is COc1ccc(F)c(-c2ccc(C(=O)O)cc2C(O)C2CC2)c1. The Bertz CT molecular complexity index is 753. The largest absolute Gasteiger partial charge is 0.497 e. The van der Waals surface area contributed by atoms with Crippen LogP contribution in [0.2, 0.25) is 0 Å². The van der Waals surface area contributed by atoms with Crippen molar-refractivity contribution in [3.63, 3.8) is 0 Å². The van der Waals surface area contributed by atoms with Crippen LogP contribution in [0, 0.1) is 11.7 Å². The van der Waals surface area contributed by atoms with Crippen LogP contribution in [-0.4, -0.2) is 23.3 Å². The van der Waals surface area contributed by atoms with Gasteiger partial charge >= 0.3 is 5.97 Å². The maximum atomic E-state index is 14.3. The molecule has 1 unspecified atom stereocenters. The van der Waals surface area contributed by atoms with Crippen LogP contribution in [0.3, 0.4) is 0 Å². The van der Waals surface area contributed by atoms with E-state index in [0.29, 0.717) is 16.9 Å². The Kier molecular flexibility index (Phi) is 4.05. The summed E-state index contributed by atoms with van der Waals surface area (Å²) < 4.78 is 19.4. The Balaban J connectivity index is 2.16. The number of aliphatic hydroxyl groups excluding tert-OH is 1. The molecule has 0 heterocycles. The van der Waals surface area contributed by atoms with Gasteiger partial charge in [0.15, 0.2) is 0 Å². The van der Waals surface area contributed by atoms with E-state index in [1.54, 1.807) is 12.1 Å². The topological polar surface area (TPSA) is 66.8 Å². The molecule has 1 aliphatic carbocycles. The average Bonchev–Trinajstić information content (AvgIpc) is 3.39. The van der Waals surface area contributed by atoms with Crippen molar-refractivity contribution in [2.75, 3.05) is 7.11 Å². The van der Waals surface area contributed by atoms with E-state index in [9.17, 15) is 14.3 Å². The van der Waals surface area contributed by atoms with Crippen LogP contribution in [0.1, 0.15) is 34.9 Å². The number of halogens is 1. The molecule has 0 amide bonds. The van der Waals surface area contributed by atoms with Gasteiger partial charge in [-0.3, -0.25) is 0 Å². The molecule has 1 atom stereocenters. The van der Waals surface area contributed by atoms with Crippen molar-refractivity contribution in [2.45, 2.75) is 18.9 Å². The maximum Gasteiger partial charge on any atom is 0.335 e. The Morgan fingerprint density at radius 2 is 1.96 bits per heavy atom. The molecule has 4 nitrogen and oxygen atoms in total. The van der Waals surface area contributed by atoms with Crippen LogP contribution in [0.25, 0.3) is 11.1 Å². The lowest BCUT2D eigenvalue weighted by Gasteiger charge is -2.17. The second kappa shape index (κ2) is 6.01. The van der Waals surface area contributed by atoms with Gasteiger partial charge in [-0.15, -0.1) is 0 Å². The van der Waals surface area contributed by atoms with E-state index < -0.39 is 17.9 Å². The highest BCUT2D eigenvalue weighted by atomic mass is 19.1. The monoisotopic (exact) mass is 316 g/mol. The summed E-state index contributed by atoms with van der Waals surface area (Å²) in [6.07, 6.45) is 0.978. The van der Waals surface area contributed by atoms with Crippen molar-refractivity contribution in [1.29, 1.82) is 0 Å². The second-order valence-electron chi connectivity index (χ2n) is 5.74. The number of hydrogen-bond donors (Lipinski definition) is 2. The summed E-state index contributed by atoms with van der Waals surface area (Å²) in [5.74, 6) is -0.924. The Labute approximate surface area is 133 Å². The van der Waals surface area contributed by atoms with Crippen molar-refractivity contribution in [2.24, 2.45) is 5.92 Å². The highest BCUT2D eigenvalue weighted by Gasteiger charge is 2.33. The summed E-state index contributed by atoms with van der Waals surface area (Å²) >= 11 is 0. The number of carboxylic acids is 1. The number of carbonyl (C=O) groups is 1. The van der Waals surface area contributed by atoms with Crippen LogP contribution in [-0.2, 0) is 0 Å². The lowest BCUT2D eigenvalue weighted by Crippen LogP contribution is -2.06. The summed E-state index contributed by atoms with van der Waals surface area (Å²) in [6.45, 7) is 0. The van der Waals surface area contributed by atoms with Gasteiger partial charge in [-0.25, -0.2) is 9.18 Å². The van der Waals surface area contributed by atoms with Crippen molar-refractivity contribution in [1.82, 2.24) is 0 Å². The molecule has 120 valence electrons. The van der Waals surface area contributed by atoms with Crippen molar-refractivity contribution in [3.05, 3.63) is 53.3 Å². The summed E-state index contributed by atoms with van der Waals surface area (Å²) in [5.41, 5.74) is 1.30. The fourth-order valence-corrected chi connectivity index (χ4v) is 2.69. The number of rotatable bonds is 5. The van der Waals surface area contributed by atoms with Crippen LogP contribution in [0.15, 0.2) is 36.4 Å². The Hall–Kier alpha value is -2.40. The van der Waals surface area contributed by atoms with Crippen LogP contribution in [0.5, 0.6) is 5.75 Å². The first-order chi connectivity index (χ1) is 11.0. The van der Waals surface area contributed by atoms with Gasteiger partial charge in [-0.2, -0.15) is 0 Å². The quantitative estimate of drug-likeness (QED) is 0.884. The summed E-state index contributed by atoms with van der Waals surface area (Å²) in [5, 5.41) is 19.6. The van der Waals surface area contributed by atoms with Crippen molar-refractivity contribution in [3.8, 4) is 16.9 Å². The third kappa shape index (κ3) is 3.05. The normalized spacial score (nSPS) is 15.3. The predicted octanol–water partition coefficient (Wildman–Crippen LogP) is 3.64. The minimum atomic E-state index is -1.08. The number of aromatic carboxylic acids is 1. The first-order valence-corrected chi connectivity index (χ1v) is 7.40. The zero-order valence-corrected chi connectivity index (χ0v) is 12.6. The summed E-state index contributed by atoms with van der Waals surface area (Å²) in [6, 6.07) is 8.75. The molecule has 1 aliphatic rings. The van der Waals surface area contributed by atoms with Gasteiger partial charge < -0.3 is 14.9 Å². The molecule has 0 spiro atoms. The van der Waals surface area contributed by atoms with Crippen LogP contribution in [0.4, 0.5) is 4.39 Å². The van der Waals surface area contributed by atoms with Gasteiger partial charge in [0.25, 0.3) is 0 Å². The Morgan fingerprint density at radius 1 is 1.22 bits per heavy atom. The van der Waals surface area contributed by atoms with E-state index in [4.69, 9.17) is 9.84 Å². The zero-order chi connectivity index (χ0) is 16.6. The number of benzene rings is 2. The highest BCUT2D eigenvalue weighted by Crippen LogP contribution is 2.44. The van der Waals surface area contributed by atoms with E-state index in [1.165, 1.54) is 31.4 Å². The number of hydrogen-bond acceptors (Lipinski definition) is 3. The molecule has 2 aromatic rings. The van der Waals surface area contributed by atoms with Gasteiger partial charge in [-0.1, -0.05) is 6.07 Å². The van der Waals surface area contributed by atoms with E-state index in [1.807, 2.05) is 0 Å². The van der Waals surface area contributed by atoms with Gasteiger partial charge in [0.1, 0.15) is 11.6 Å². The van der Waals surface area contributed by atoms with Crippen molar-refractivity contribution >= 4 is 5.97 Å². The van der Waals surface area contributed by atoms with Gasteiger partial charge in [0, 0.05) is 5.56 Å². The smallest absolute Gasteiger partial charge is 0.335 e. The zero-order valence-electron chi connectivity index (χ0n) is 12.6. The van der Waals surface area contributed by atoms with E-state index in [2.05, 4.69) is 0 Å². The molecule has 0 bridgehead atoms. The molecule has 2 N–H and O–H groups in total. The molecule has 5 heteroatoms. The predicted molar refractivity (Wildman–Crippen MR) is 83.0 cm³/mol.